The van der Waals surface area contributed by atoms with E-state index in [-0.39, 0.29) is 15.7 Å². The highest BCUT2D eigenvalue weighted by atomic mass is 35.5. The normalized spacial score (nSPS) is 19.6. The van der Waals surface area contributed by atoms with Gasteiger partial charge in [0.05, 0.1) is 32.2 Å². The number of fused-ring (bicyclic) bond motifs is 2. The molecular formula is C30H20Cl2F3N3O4S2. The summed E-state index contributed by atoms with van der Waals surface area (Å²) < 4.78 is 40.7. The van der Waals surface area contributed by atoms with Gasteiger partial charge in [0.2, 0.25) is 17.7 Å². The third-order valence-corrected chi connectivity index (χ3v) is 10.9. The summed E-state index contributed by atoms with van der Waals surface area (Å²) in [5.41, 5.74) is 0.759. The van der Waals surface area contributed by atoms with E-state index in [4.69, 9.17) is 23.2 Å². The highest BCUT2D eigenvalue weighted by Crippen LogP contribution is 2.55. The molecule has 226 valence electrons. The average Bonchev–Trinajstić information content (AvgIpc) is 3.41. The van der Waals surface area contributed by atoms with Crippen molar-refractivity contribution >= 4 is 75.4 Å². The van der Waals surface area contributed by atoms with Crippen LogP contribution in [0.2, 0.25) is 10.0 Å². The molecule has 0 spiro atoms. The van der Waals surface area contributed by atoms with E-state index in [1.807, 2.05) is 6.92 Å². The minimum absolute atomic E-state index is 0.0939. The Bertz CT molecular complexity index is 1890. The first-order valence-electron chi connectivity index (χ1n) is 13.1. The van der Waals surface area contributed by atoms with E-state index in [1.165, 1.54) is 10.6 Å². The van der Waals surface area contributed by atoms with E-state index in [2.05, 4.69) is 5.32 Å². The molecule has 2 aliphatic rings. The molecule has 3 atom stereocenters. The van der Waals surface area contributed by atoms with Crippen LogP contribution in [0.3, 0.4) is 0 Å². The molecule has 4 aromatic rings. The Balaban J connectivity index is 1.40. The van der Waals surface area contributed by atoms with Gasteiger partial charge in [0.1, 0.15) is 11.8 Å². The molecule has 0 saturated carbocycles. The number of alkyl halides is 3. The van der Waals surface area contributed by atoms with Crippen LogP contribution in [0.25, 0.3) is 0 Å². The predicted octanol–water partition coefficient (Wildman–Crippen LogP) is 6.98. The summed E-state index contributed by atoms with van der Waals surface area (Å²) in [5.74, 6) is -3.45. The number of nitrogens with zero attached hydrogens (tertiary/aromatic N) is 2. The number of hydrogen-bond acceptors (Lipinski definition) is 6. The number of thiazole rings is 1. The Morgan fingerprint density at radius 1 is 0.977 bits per heavy atom. The van der Waals surface area contributed by atoms with E-state index in [9.17, 15) is 32.3 Å². The van der Waals surface area contributed by atoms with Gasteiger partial charge < -0.3 is 5.32 Å². The van der Waals surface area contributed by atoms with Crippen molar-refractivity contribution in [1.29, 1.82) is 0 Å². The van der Waals surface area contributed by atoms with Gasteiger partial charge in [-0.3, -0.25) is 23.7 Å². The summed E-state index contributed by atoms with van der Waals surface area (Å²) in [5, 5.41) is 2.14. The first-order chi connectivity index (χ1) is 20.8. The monoisotopic (exact) mass is 677 g/mol. The lowest BCUT2D eigenvalue weighted by Crippen LogP contribution is -2.33. The molecule has 1 fully saturated rings. The zero-order chi connectivity index (χ0) is 31.5. The summed E-state index contributed by atoms with van der Waals surface area (Å²) in [6.45, 7) is 1.34. The van der Waals surface area contributed by atoms with Gasteiger partial charge in [-0.1, -0.05) is 82.2 Å². The average molecular weight is 679 g/mol. The highest BCUT2D eigenvalue weighted by molar-refractivity contribution is 8.00. The van der Waals surface area contributed by atoms with Crippen LogP contribution in [0.5, 0.6) is 0 Å². The van der Waals surface area contributed by atoms with Gasteiger partial charge in [-0.2, -0.15) is 13.2 Å². The third kappa shape index (κ3) is 5.33. The number of halogens is 5. The van der Waals surface area contributed by atoms with Crippen molar-refractivity contribution in [2.75, 3.05) is 10.2 Å². The Labute approximate surface area is 266 Å². The maximum absolute atomic E-state index is 14.0. The SMILES string of the molecule is Cc1ccc(N2C(=O)C3Sc4c(sc(=O)n4CC(=O)Nc4cccc(C(F)(F)F)c4)C(c4cccc(Cl)c4Cl)C3C2=O)cc1. The van der Waals surface area contributed by atoms with Crippen molar-refractivity contribution in [2.45, 2.75) is 35.8 Å². The van der Waals surface area contributed by atoms with Crippen molar-refractivity contribution in [3.63, 3.8) is 0 Å². The summed E-state index contributed by atoms with van der Waals surface area (Å²) >= 11 is 14.8. The number of carbonyl (C=O) groups excluding carboxylic acids is 3. The van der Waals surface area contributed by atoms with Gasteiger partial charge in [0, 0.05) is 16.5 Å². The fraction of sp³-hybridized carbons (Fsp3) is 0.200. The number of benzene rings is 3. The number of aromatic nitrogens is 1. The second-order valence-corrected chi connectivity index (χ2v) is 13.2. The largest absolute Gasteiger partial charge is 0.416 e. The number of nitrogens with one attached hydrogen (secondary N) is 1. The molecule has 7 nitrogen and oxygen atoms in total. The zero-order valence-electron chi connectivity index (χ0n) is 22.5. The van der Waals surface area contributed by atoms with Crippen LogP contribution in [0.15, 0.2) is 76.6 Å². The quantitative estimate of drug-likeness (QED) is 0.230. The number of imide groups is 1. The van der Waals surface area contributed by atoms with Crippen LogP contribution in [0.1, 0.15) is 27.5 Å². The third-order valence-electron chi connectivity index (χ3n) is 7.43. The lowest BCUT2D eigenvalue weighted by Gasteiger charge is -2.31. The summed E-state index contributed by atoms with van der Waals surface area (Å²) in [4.78, 5) is 55.2. The Kier molecular flexibility index (Phi) is 7.89. The van der Waals surface area contributed by atoms with E-state index in [0.29, 0.717) is 21.2 Å². The van der Waals surface area contributed by atoms with Crippen molar-refractivity contribution in [3.05, 3.63) is 108 Å². The molecule has 44 heavy (non-hydrogen) atoms. The predicted molar refractivity (Wildman–Crippen MR) is 164 cm³/mol. The van der Waals surface area contributed by atoms with E-state index in [1.54, 1.807) is 42.5 Å². The van der Waals surface area contributed by atoms with Crippen LogP contribution in [0, 0.1) is 12.8 Å². The van der Waals surface area contributed by atoms with E-state index >= 15 is 0 Å². The Hall–Kier alpha value is -3.58. The van der Waals surface area contributed by atoms with Gasteiger partial charge in [0.15, 0.2) is 0 Å². The van der Waals surface area contributed by atoms with Gasteiger partial charge in [-0.15, -0.1) is 0 Å². The van der Waals surface area contributed by atoms with Gasteiger partial charge in [-0.05, 0) is 48.9 Å². The van der Waals surface area contributed by atoms with Crippen molar-refractivity contribution in [1.82, 2.24) is 4.57 Å². The first kappa shape index (κ1) is 30.4. The fourth-order valence-corrected chi connectivity index (χ4v) is 8.61. The second kappa shape index (κ2) is 11.4. The molecule has 6 rings (SSSR count). The Morgan fingerprint density at radius 3 is 2.39 bits per heavy atom. The van der Waals surface area contributed by atoms with Crippen LogP contribution in [-0.2, 0) is 27.1 Å². The molecule has 1 aromatic heterocycles. The molecule has 3 aromatic carbocycles. The minimum atomic E-state index is -4.61. The number of amides is 3. The Morgan fingerprint density at radius 2 is 1.68 bits per heavy atom. The fourth-order valence-electron chi connectivity index (χ4n) is 5.42. The molecule has 0 bridgehead atoms. The molecule has 3 amide bonds. The topological polar surface area (TPSA) is 88.5 Å². The number of aryl methyl sites for hydroxylation is 1. The minimum Gasteiger partial charge on any atom is -0.325 e. The van der Waals surface area contributed by atoms with Crippen LogP contribution in [-0.4, -0.2) is 27.5 Å². The molecule has 3 heterocycles. The molecule has 0 aliphatic carbocycles. The van der Waals surface area contributed by atoms with Crippen molar-refractivity contribution in [3.8, 4) is 0 Å². The first-order valence-corrected chi connectivity index (χ1v) is 15.6. The van der Waals surface area contributed by atoms with Crippen molar-refractivity contribution < 1.29 is 27.6 Å². The maximum Gasteiger partial charge on any atom is 0.416 e. The lowest BCUT2D eigenvalue weighted by molar-refractivity contribution is -0.137. The molecule has 0 radical (unpaired) electrons. The smallest absolute Gasteiger partial charge is 0.325 e. The molecule has 14 heteroatoms. The number of thioether (sulfide) groups is 1. The second-order valence-electron chi connectivity index (χ2n) is 10.3. The summed E-state index contributed by atoms with van der Waals surface area (Å²) in [6, 6.07) is 16.0. The number of anilines is 2. The zero-order valence-corrected chi connectivity index (χ0v) is 25.7. The number of hydrogen-bond donors (Lipinski definition) is 1. The van der Waals surface area contributed by atoms with Crippen LogP contribution in [0.4, 0.5) is 24.5 Å². The van der Waals surface area contributed by atoms with E-state index in [0.717, 1.165) is 51.8 Å². The maximum atomic E-state index is 14.0. The number of rotatable bonds is 5. The standard InChI is InChI=1S/C30H20Cl2F3N3O4S2/c1-14-8-10-17(11-9-14)38-26(40)22-21(18-6-3-7-19(31)23(18)32)25-28(43-24(22)27(38)41)37(29(42)44-25)13-20(39)36-16-5-2-4-15(12-16)30(33,34)35/h2-12,21-22,24H,13H2,1H3,(H,36,39). The van der Waals surface area contributed by atoms with Crippen LogP contribution >= 0.6 is 46.3 Å². The molecule has 2 aliphatic heterocycles. The summed E-state index contributed by atoms with van der Waals surface area (Å²) in [6.07, 6.45) is -4.61. The lowest BCUT2D eigenvalue weighted by atomic mass is 9.83. The van der Waals surface area contributed by atoms with Gasteiger partial charge >= 0.3 is 11.0 Å². The van der Waals surface area contributed by atoms with Gasteiger partial charge in [-0.25, -0.2) is 4.90 Å². The van der Waals surface area contributed by atoms with Crippen LogP contribution < -0.4 is 15.1 Å². The molecule has 1 N–H and O–H groups in total. The highest BCUT2D eigenvalue weighted by Gasteiger charge is 2.57. The summed E-state index contributed by atoms with van der Waals surface area (Å²) in [7, 11) is 0. The molecule has 1 saturated heterocycles. The molecule has 3 unspecified atom stereocenters. The van der Waals surface area contributed by atoms with Gasteiger partial charge in [0.25, 0.3) is 0 Å². The van der Waals surface area contributed by atoms with Crippen molar-refractivity contribution in [2.24, 2.45) is 5.92 Å². The van der Waals surface area contributed by atoms with E-state index < -0.39 is 58.0 Å². The molecular weight excluding hydrogens is 658 g/mol. The number of carbonyl (C=O) groups is 3.